The first-order valence-corrected chi connectivity index (χ1v) is 27.9. The van der Waals surface area contributed by atoms with Crippen molar-refractivity contribution in [2.75, 3.05) is 44.8 Å². The van der Waals surface area contributed by atoms with E-state index in [2.05, 4.69) is 99.0 Å². The lowest BCUT2D eigenvalue weighted by Crippen LogP contribution is -2.59. The monoisotopic (exact) mass is 1160 g/mol. The Morgan fingerprint density at radius 2 is 1.78 bits per heavy atom. The Kier molecular flexibility index (Phi) is 23.7. The molecule has 2 amide bonds. The second-order valence-corrected chi connectivity index (χ2v) is 18.1. The summed E-state index contributed by atoms with van der Waals surface area (Å²) in [6.45, 7) is 18.8. The first kappa shape index (κ1) is 60.0. The van der Waals surface area contributed by atoms with Crippen LogP contribution in [-0.4, -0.2) is 119 Å². The molecule has 1 atom stereocenters. The van der Waals surface area contributed by atoms with Gasteiger partial charge in [-0.3, -0.25) is 24.6 Å². The van der Waals surface area contributed by atoms with Crippen LogP contribution < -0.4 is 16.8 Å². The number of allylic oxidation sites excluding steroid dienone is 8. The van der Waals surface area contributed by atoms with E-state index in [4.69, 9.17) is 20.9 Å². The lowest BCUT2D eigenvalue weighted by Gasteiger charge is -2.39. The topological polar surface area (TPSA) is 216 Å². The molecule has 0 spiro atoms. The molecule has 0 aromatic carbocycles. The fourth-order valence-electron chi connectivity index (χ4n) is 8.49. The number of nitrogen functional groups attached to an aromatic ring is 1. The van der Waals surface area contributed by atoms with Gasteiger partial charge in [0.2, 0.25) is 11.7 Å². The number of aromatic nitrogens is 7. The Bertz CT molecular complexity index is 3010. The van der Waals surface area contributed by atoms with E-state index in [0.717, 1.165) is 76.2 Å². The number of anilines is 1. The summed E-state index contributed by atoms with van der Waals surface area (Å²) in [6.07, 6.45) is 30.2. The van der Waals surface area contributed by atoms with E-state index in [1.54, 1.807) is 58.7 Å². The van der Waals surface area contributed by atoms with E-state index in [1.807, 2.05) is 69.2 Å². The number of nitrogens with two attached hydrogens (primary N) is 2. The van der Waals surface area contributed by atoms with Crippen LogP contribution in [-0.2, 0) is 11.3 Å². The van der Waals surface area contributed by atoms with Crippen molar-refractivity contribution in [3.05, 3.63) is 137 Å². The maximum atomic E-state index is 14.0. The van der Waals surface area contributed by atoms with Crippen LogP contribution in [0.5, 0.6) is 0 Å². The van der Waals surface area contributed by atoms with E-state index < -0.39 is 0 Å². The zero-order valence-corrected chi connectivity index (χ0v) is 47.9. The summed E-state index contributed by atoms with van der Waals surface area (Å²) in [5.41, 5.74) is 21.3. The maximum absolute atomic E-state index is 14.0. The van der Waals surface area contributed by atoms with Crippen molar-refractivity contribution in [2.24, 2.45) is 21.6 Å². The number of oxazole rings is 1. The Balaban J connectivity index is 0.000000258. The Hall–Kier alpha value is -6.90. The van der Waals surface area contributed by atoms with Gasteiger partial charge in [0.05, 0.1) is 46.2 Å². The molecule has 5 N–H and O–H groups in total. The number of carbonyl (C=O) groups is 2. The SMILES string of the molecule is C=Cc1ncc(-c2cnn(/C(N)=C(/Br)C(CC3CCN(C(=O)c4cnco4)CC3)=NC)c2)cc1/C=C\CC.CBr.CC.CC.CC(=O)N1CC(NCc2cc(N)n3ncc(/C4=C/C5=CC(C=CC(F)=C5)N=CC4)c3n2)C1. The van der Waals surface area contributed by atoms with E-state index in [9.17, 15) is 14.0 Å². The molecule has 404 valence electrons. The molecule has 17 nitrogen and oxygen atoms in total. The van der Waals surface area contributed by atoms with E-state index >= 15 is 0 Å². The average Bonchev–Trinajstić information content (AvgIpc) is 4.23. The largest absolute Gasteiger partial charge is 0.438 e. The molecule has 8 heterocycles. The molecule has 1 unspecified atom stereocenters. The molecule has 0 radical (unpaired) electrons. The van der Waals surface area contributed by atoms with Crippen LogP contribution in [0.2, 0.25) is 0 Å². The van der Waals surface area contributed by atoms with Gasteiger partial charge in [-0.25, -0.2) is 19.0 Å². The van der Waals surface area contributed by atoms with Gasteiger partial charge in [-0.05, 0) is 94.9 Å². The second-order valence-electron chi connectivity index (χ2n) is 17.3. The van der Waals surface area contributed by atoms with Gasteiger partial charge < -0.3 is 31.0 Å². The summed E-state index contributed by atoms with van der Waals surface area (Å²) in [5.74, 6) is 3.08. The molecule has 4 aliphatic rings. The third-order valence-corrected chi connectivity index (χ3v) is 13.3. The Labute approximate surface area is 462 Å². The fourth-order valence-corrected chi connectivity index (χ4v) is 9.01. The number of nitrogens with zero attached hydrogens (tertiary/aromatic N) is 11. The number of carbonyl (C=O) groups excluding carboxylic acids is 2. The molecular weight excluding hydrogens is 1100 g/mol. The van der Waals surface area contributed by atoms with Crippen molar-refractivity contribution in [1.29, 1.82) is 0 Å². The molecule has 76 heavy (non-hydrogen) atoms. The zero-order valence-electron chi connectivity index (χ0n) is 44.8. The van der Waals surface area contributed by atoms with Gasteiger partial charge in [0.1, 0.15) is 17.5 Å². The van der Waals surface area contributed by atoms with Crippen LogP contribution in [0.15, 0.2) is 123 Å². The number of halogens is 3. The minimum atomic E-state index is -0.304. The maximum Gasteiger partial charge on any atom is 0.291 e. The summed E-state index contributed by atoms with van der Waals surface area (Å²) in [7, 11) is 1.76. The van der Waals surface area contributed by atoms with E-state index in [1.165, 1.54) is 24.7 Å². The highest BCUT2D eigenvalue weighted by Crippen LogP contribution is 2.30. The van der Waals surface area contributed by atoms with Crippen LogP contribution in [0.4, 0.5) is 10.2 Å². The highest BCUT2D eigenvalue weighted by molar-refractivity contribution is 9.12. The third-order valence-electron chi connectivity index (χ3n) is 12.5. The van der Waals surface area contributed by atoms with Crippen LogP contribution in [0.3, 0.4) is 0 Å². The number of hydrogen-bond donors (Lipinski definition) is 3. The van der Waals surface area contributed by atoms with E-state index in [0.29, 0.717) is 66.8 Å². The number of hydrogen-bond acceptors (Lipinski definition) is 13. The molecular formula is C56H71Br2FN14O3. The lowest BCUT2D eigenvalue weighted by molar-refractivity contribution is -0.133. The predicted molar refractivity (Wildman–Crippen MR) is 313 cm³/mol. The van der Waals surface area contributed by atoms with E-state index in [-0.39, 0.29) is 35.5 Å². The molecule has 1 aliphatic carbocycles. The normalized spacial score (nSPS) is 17.5. The molecule has 5 aromatic heterocycles. The van der Waals surface area contributed by atoms with Crippen molar-refractivity contribution < 1.29 is 18.4 Å². The number of piperidine rings is 1. The first-order valence-electron chi connectivity index (χ1n) is 25.5. The predicted octanol–water partition coefficient (Wildman–Crippen LogP) is 10.8. The highest BCUT2D eigenvalue weighted by Gasteiger charge is 2.29. The van der Waals surface area contributed by atoms with Crippen LogP contribution in [0, 0.1) is 5.92 Å². The summed E-state index contributed by atoms with van der Waals surface area (Å²) in [6, 6.07) is 3.95. The number of amides is 2. The van der Waals surface area contributed by atoms with Crippen molar-refractivity contribution in [3.63, 3.8) is 0 Å². The van der Waals surface area contributed by atoms with Crippen LogP contribution in [0.1, 0.15) is 107 Å². The number of pyridine rings is 1. The quantitative estimate of drug-likeness (QED) is 0.0744. The Morgan fingerprint density at radius 1 is 1.03 bits per heavy atom. The van der Waals surface area contributed by atoms with Crippen molar-refractivity contribution in [1.82, 2.24) is 49.5 Å². The number of aliphatic imine (C=N–C) groups is 2. The van der Waals surface area contributed by atoms with Gasteiger partial charge in [0.15, 0.2) is 12.0 Å². The minimum absolute atomic E-state index is 0.0902. The summed E-state index contributed by atoms with van der Waals surface area (Å²) in [5, 5.41) is 12.3. The molecule has 0 saturated carbocycles. The standard InChI is InChI=1S/C28H32BrN7O2.C23H24FN7O.2C2H6.CH3Br/c1-4-6-7-20-13-21(14-33-23(20)5-2)22-15-34-36(17-22)27(30)26(29)24(31-3)12-19-8-10-35(11-9-19)28(37)25-16-32-18-38-25;1-14(32)30-12-20(13-30)27-10-19-9-22(25)31-23(29-19)21(11-28-31)16-4-5-26-18-3-2-17(24)7-15(6-16)8-18;3*1-2/h5-7,13-19H,2,4,8-12,30H2,1,3H3;2-3,5-9,11,18,20,27H,4,10,12-13,25H2,1H3;2*1-2H3;1H3/b7-6-,27-26+,31-24?;16-6+,26-5?;;;. The molecule has 2 bridgehead atoms. The van der Waals surface area contributed by atoms with Gasteiger partial charge in [0.25, 0.3) is 5.91 Å². The summed E-state index contributed by atoms with van der Waals surface area (Å²) in [4.78, 5) is 49.7. The molecule has 2 saturated heterocycles. The van der Waals surface area contributed by atoms with Gasteiger partial charge in [-0.2, -0.15) is 14.7 Å². The van der Waals surface area contributed by atoms with Crippen LogP contribution in [0.25, 0.3) is 40.3 Å². The van der Waals surface area contributed by atoms with Crippen molar-refractivity contribution in [3.8, 4) is 11.1 Å². The Morgan fingerprint density at radius 3 is 2.45 bits per heavy atom. The van der Waals surface area contributed by atoms with Crippen molar-refractivity contribution in [2.45, 2.75) is 92.3 Å². The molecule has 20 heteroatoms. The second kappa shape index (κ2) is 30.0. The van der Waals surface area contributed by atoms with Gasteiger partial charge in [-0.15, -0.1) is 0 Å². The summed E-state index contributed by atoms with van der Waals surface area (Å²) < 4.78 is 23.1. The molecule has 9 rings (SSSR count). The first-order chi connectivity index (χ1) is 36.9. The van der Waals surface area contributed by atoms with Gasteiger partial charge >= 0.3 is 0 Å². The smallest absolute Gasteiger partial charge is 0.291 e. The average molecular weight is 1170 g/mol. The van der Waals surface area contributed by atoms with Gasteiger partial charge in [0, 0.05) is 106 Å². The van der Waals surface area contributed by atoms with Gasteiger partial charge in [-0.1, -0.05) is 81.4 Å². The number of alkyl halides is 1. The molecule has 5 aromatic rings. The number of nitrogens with one attached hydrogen (secondary N) is 1. The number of fused-ring (bicyclic) bond motifs is 2. The minimum Gasteiger partial charge on any atom is -0.438 e. The number of likely N-dealkylation sites (tertiary alicyclic amines) is 2. The lowest BCUT2D eigenvalue weighted by atomic mass is 9.91. The summed E-state index contributed by atoms with van der Waals surface area (Å²) >= 11 is 6.60. The zero-order chi connectivity index (χ0) is 55.3. The van der Waals surface area contributed by atoms with Crippen molar-refractivity contribution >= 4 is 90.6 Å². The fraction of sp³-hybridized carbons (Fsp3) is 0.375. The molecule has 3 aliphatic heterocycles. The highest BCUT2D eigenvalue weighted by atomic mass is 79.9. The number of rotatable bonds is 13. The van der Waals surface area contributed by atoms with Crippen LogP contribution >= 0.6 is 31.9 Å². The molecule has 2 fully saturated rings. The third kappa shape index (κ3) is 15.6.